The third-order valence-electron chi connectivity index (χ3n) is 5.53. The molecule has 0 aliphatic carbocycles. The summed E-state index contributed by atoms with van der Waals surface area (Å²) in [6.07, 6.45) is 6.05. The number of likely N-dealkylation sites (N-methyl/N-ethyl adjacent to an activating group) is 1. The first kappa shape index (κ1) is 20.6. The molecule has 4 rings (SSSR count). The second-order valence-corrected chi connectivity index (χ2v) is 7.80. The minimum absolute atomic E-state index is 0.150. The quantitative estimate of drug-likeness (QED) is 0.441. The molecular weight excluding hydrogens is 394 g/mol. The van der Waals surface area contributed by atoms with Gasteiger partial charge in [0.05, 0.1) is 11.7 Å². The SMILES string of the molecule is Cc1oc2c(N)cccc2c1CN(C)C(=O)C=Cc1cnc2c(c1)CCC(N)C(=O)N2. The molecule has 31 heavy (non-hydrogen) atoms. The van der Waals surface area contributed by atoms with E-state index in [9.17, 15) is 9.59 Å². The van der Waals surface area contributed by atoms with Crippen molar-refractivity contribution in [2.24, 2.45) is 5.73 Å². The number of carbonyl (C=O) groups is 2. The highest BCUT2D eigenvalue weighted by atomic mass is 16.3. The van der Waals surface area contributed by atoms with Crippen molar-refractivity contribution in [1.29, 1.82) is 0 Å². The number of nitrogens with two attached hydrogens (primary N) is 2. The Morgan fingerprint density at radius 1 is 1.42 bits per heavy atom. The summed E-state index contributed by atoms with van der Waals surface area (Å²) in [5.41, 5.74) is 15.7. The lowest BCUT2D eigenvalue weighted by Crippen LogP contribution is -2.34. The first-order chi connectivity index (χ1) is 14.8. The van der Waals surface area contributed by atoms with E-state index in [1.54, 1.807) is 30.3 Å². The number of amides is 2. The first-order valence-electron chi connectivity index (χ1n) is 10.1. The van der Waals surface area contributed by atoms with Crippen molar-refractivity contribution >= 4 is 40.4 Å². The molecule has 8 heteroatoms. The van der Waals surface area contributed by atoms with Crippen LogP contribution in [0.25, 0.3) is 17.0 Å². The number of benzene rings is 1. The van der Waals surface area contributed by atoms with Crippen LogP contribution in [-0.4, -0.2) is 34.8 Å². The number of aromatic nitrogens is 1. The van der Waals surface area contributed by atoms with Crippen molar-refractivity contribution in [3.8, 4) is 0 Å². The Balaban J connectivity index is 1.48. The lowest BCUT2D eigenvalue weighted by atomic mass is 10.1. The molecule has 2 amide bonds. The number of aryl methyl sites for hydroxylation is 2. The molecule has 0 spiro atoms. The van der Waals surface area contributed by atoms with Crippen LogP contribution in [0.2, 0.25) is 0 Å². The van der Waals surface area contributed by atoms with Crippen LogP contribution in [0.4, 0.5) is 11.5 Å². The Kier molecular flexibility index (Phi) is 5.48. The summed E-state index contributed by atoms with van der Waals surface area (Å²) in [5.74, 6) is 0.893. The molecule has 0 saturated heterocycles. The molecule has 0 bridgehead atoms. The van der Waals surface area contributed by atoms with Crippen molar-refractivity contribution in [3.05, 3.63) is 59.0 Å². The summed E-state index contributed by atoms with van der Waals surface area (Å²) in [6, 6.07) is 6.98. The number of nitrogens with zero attached hydrogens (tertiary/aromatic N) is 2. The third-order valence-corrected chi connectivity index (χ3v) is 5.53. The zero-order valence-electron chi connectivity index (χ0n) is 17.5. The molecule has 8 nitrogen and oxygen atoms in total. The van der Waals surface area contributed by atoms with Crippen molar-refractivity contribution in [2.75, 3.05) is 18.1 Å². The van der Waals surface area contributed by atoms with Gasteiger partial charge in [-0.2, -0.15) is 0 Å². The Morgan fingerprint density at radius 3 is 3.03 bits per heavy atom. The van der Waals surface area contributed by atoms with Gasteiger partial charge in [0.1, 0.15) is 11.6 Å². The van der Waals surface area contributed by atoms with Gasteiger partial charge in [-0.15, -0.1) is 0 Å². The topological polar surface area (TPSA) is 127 Å². The van der Waals surface area contributed by atoms with Crippen LogP contribution < -0.4 is 16.8 Å². The lowest BCUT2D eigenvalue weighted by molar-refractivity contribution is -0.125. The second-order valence-electron chi connectivity index (χ2n) is 7.80. The number of nitrogen functional groups attached to an aromatic ring is 1. The van der Waals surface area contributed by atoms with Gasteiger partial charge in [0, 0.05) is 36.8 Å². The van der Waals surface area contributed by atoms with Gasteiger partial charge in [-0.05, 0) is 49.1 Å². The van der Waals surface area contributed by atoms with Crippen LogP contribution in [0.1, 0.15) is 28.9 Å². The smallest absolute Gasteiger partial charge is 0.246 e. The van der Waals surface area contributed by atoms with E-state index in [0.29, 0.717) is 36.5 Å². The number of hydrogen-bond donors (Lipinski definition) is 3. The van der Waals surface area contributed by atoms with Gasteiger partial charge < -0.3 is 26.1 Å². The largest absolute Gasteiger partial charge is 0.459 e. The van der Waals surface area contributed by atoms with Crippen LogP contribution in [0.15, 0.2) is 41.0 Å². The highest BCUT2D eigenvalue weighted by Gasteiger charge is 2.21. The lowest BCUT2D eigenvalue weighted by Gasteiger charge is -2.15. The van der Waals surface area contributed by atoms with Gasteiger partial charge in [0.2, 0.25) is 11.8 Å². The molecule has 1 unspecified atom stereocenters. The van der Waals surface area contributed by atoms with E-state index in [0.717, 1.165) is 27.8 Å². The molecule has 3 heterocycles. The number of anilines is 2. The zero-order valence-corrected chi connectivity index (χ0v) is 17.5. The summed E-state index contributed by atoms with van der Waals surface area (Å²) in [6.45, 7) is 2.27. The highest BCUT2D eigenvalue weighted by molar-refractivity contribution is 5.96. The van der Waals surface area contributed by atoms with Crippen LogP contribution in [0, 0.1) is 6.92 Å². The maximum absolute atomic E-state index is 12.7. The van der Waals surface area contributed by atoms with Crippen LogP contribution in [-0.2, 0) is 22.6 Å². The number of rotatable bonds is 4. The molecule has 0 saturated carbocycles. The Labute approximate surface area is 179 Å². The van der Waals surface area contributed by atoms with E-state index in [-0.39, 0.29) is 11.8 Å². The van der Waals surface area contributed by atoms with Crippen molar-refractivity contribution in [2.45, 2.75) is 32.4 Å². The minimum atomic E-state index is -0.541. The Hall–Kier alpha value is -3.65. The number of hydrogen-bond acceptors (Lipinski definition) is 6. The Bertz CT molecular complexity index is 1200. The van der Waals surface area contributed by atoms with E-state index in [2.05, 4.69) is 10.3 Å². The average Bonchev–Trinajstić information content (AvgIpc) is 2.99. The summed E-state index contributed by atoms with van der Waals surface area (Å²) >= 11 is 0. The first-order valence-corrected chi connectivity index (χ1v) is 10.1. The summed E-state index contributed by atoms with van der Waals surface area (Å²) in [7, 11) is 1.74. The highest BCUT2D eigenvalue weighted by Crippen LogP contribution is 2.30. The van der Waals surface area contributed by atoms with E-state index in [1.807, 2.05) is 25.1 Å². The van der Waals surface area contributed by atoms with Gasteiger partial charge in [-0.3, -0.25) is 9.59 Å². The minimum Gasteiger partial charge on any atom is -0.459 e. The molecule has 5 N–H and O–H groups in total. The predicted octanol–water partition coefficient (Wildman–Crippen LogP) is 2.60. The molecule has 1 aliphatic heterocycles. The Morgan fingerprint density at radius 2 is 2.23 bits per heavy atom. The number of pyridine rings is 1. The molecule has 1 atom stereocenters. The molecule has 1 aromatic carbocycles. The summed E-state index contributed by atoms with van der Waals surface area (Å²) in [5, 5.41) is 3.65. The number of para-hydroxylation sites is 1. The maximum Gasteiger partial charge on any atom is 0.246 e. The van der Waals surface area contributed by atoms with E-state index >= 15 is 0 Å². The summed E-state index contributed by atoms with van der Waals surface area (Å²) < 4.78 is 5.79. The molecule has 0 radical (unpaired) electrons. The van der Waals surface area contributed by atoms with Crippen molar-refractivity contribution in [1.82, 2.24) is 9.88 Å². The fraction of sp³-hybridized carbons (Fsp3) is 0.261. The normalized spacial score (nSPS) is 16.2. The third kappa shape index (κ3) is 4.15. The monoisotopic (exact) mass is 419 g/mol. The fourth-order valence-corrected chi connectivity index (χ4v) is 3.69. The van der Waals surface area contributed by atoms with Gasteiger partial charge in [0.25, 0.3) is 0 Å². The molecule has 1 aliphatic rings. The van der Waals surface area contributed by atoms with E-state index in [4.69, 9.17) is 15.9 Å². The summed E-state index contributed by atoms with van der Waals surface area (Å²) in [4.78, 5) is 30.5. The van der Waals surface area contributed by atoms with Crippen LogP contribution >= 0.6 is 0 Å². The van der Waals surface area contributed by atoms with Gasteiger partial charge in [-0.1, -0.05) is 12.1 Å². The van der Waals surface area contributed by atoms with Gasteiger partial charge in [-0.25, -0.2) is 4.98 Å². The van der Waals surface area contributed by atoms with Crippen molar-refractivity contribution in [3.63, 3.8) is 0 Å². The van der Waals surface area contributed by atoms with Gasteiger partial charge in [0.15, 0.2) is 5.58 Å². The fourth-order valence-electron chi connectivity index (χ4n) is 3.69. The number of nitrogens with one attached hydrogen (secondary N) is 1. The number of furan rings is 1. The molecule has 0 fully saturated rings. The predicted molar refractivity (Wildman–Crippen MR) is 120 cm³/mol. The second kappa shape index (κ2) is 8.23. The molecular formula is C23H25N5O3. The van der Waals surface area contributed by atoms with E-state index < -0.39 is 6.04 Å². The number of fused-ring (bicyclic) bond motifs is 2. The zero-order chi connectivity index (χ0) is 22.1. The van der Waals surface area contributed by atoms with E-state index in [1.165, 1.54) is 6.08 Å². The van der Waals surface area contributed by atoms with Crippen LogP contribution in [0.5, 0.6) is 0 Å². The maximum atomic E-state index is 12.7. The average molecular weight is 419 g/mol. The molecule has 2 aromatic heterocycles. The standard InChI is InChI=1S/C23H25N5O3/c1-13-17(16-4-3-5-18(24)21(16)31-13)12-28(2)20(29)9-6-14-10-15-7-8-19(25)23(30)27-22(15)26-11-14/h3-6,9-11,19H,7-8,12,24-25H2,1-2H3,(H,26,27,30). The van der Waals surface area contributed by atoms with Crippen LogP contribution in [0.3, 0.4) is 0 Å². The molecule has 160 valence electrons. The van der Waals surface area contributed by atoms with Crippen molar-refractivity contribution < 1.29 is 14.0 Å². The van der Waals surface area contributed by atoms with Gasteiger partial charge >= 0.3 is 0 Å². The number of carbonyl (C=O) groups excluding carboxylic acids is 2. The molecule has 3 aromatic rings.